The first kappa shape index (κ1) is 8.14. The van der Waals surface area contributed by atoms with Crippen LogP contribution in [0, 0.1) is 17.3 Å². The molecule has 2 N–H and O–H groups in total. The van der Waals surface area contributed by atoms with Crippen LogP contribution in [0.3, 0.4) is 0 Å². The van der Waals surface area contributed by atoms with Gasteiger partial charge in [-0.1, -0.05) is 0 Å². The van der Waals surface area contributed by atoms with Gasteiger partial charge in [-0.25, -0.2) is 4.39 Å². The Hall–Kier alpha value is -1.96. The van der Waals surface area contributed by atoms with E-state index in [1.807, 2.05) is 0 Å². The summed E-state index contributed by atoms with van der Waals surface area (Å²) in [5.74, 6) is -0.730. The molecule has 1 heterocycles. The number of aliphatic imine (C=N–C) groups is 1. The fraction of sp³-hybridized carbons (Fsp3) is 0. The molecule has 0 aliphatic heterocycles. The van der Waals surface area contributed by atoms with Crippen molar-refractivity contribution in [3.8, 4) is 6.19 Å². The first-order valence-electron chi connectivity index (χ1n) is 3.08. The zero-order valence-electron chi connectivity index (χ0n) is 6.03. The van der Waals surface area contributed by atoms with Crippen LogP contribution in [-0.4, -0.2) is 10.8 Å². The molecule has 0 saturated carbocycles. The van der Waals surface area contributed by atoms with Crippen LogP contribution in [-0.2, 0) is 0 Å². The number of pyridine rings is 1. The van der Waals surface area contributed by atoms with Gasteiger partial charge in [0, 0.05) is 6.20 Å². The van der Waals surface area contributed by atoms with E-state index in [0.29, 0.717) is 0 Å². The standard InChI is InChI=1S/C7H5FN4/c8-6-3-11-2-1-5(6)7(10)12-4-9/h1-3H,(H2,10,12). The predicted molar refractivity (Wildman–Crippen MR) is 40.5 cm³/mol. The largest absolute Gasteiger partial charge is 0.382 e. The minimum absolute atomic E-state index is 0.0894. The summed E-state index contributed by atoms with van der Waals surface area (Å²) in [5.41, 5.74) is 5.36. The van der Waals surface area contributed by atoms with E-state index in [9.17, 15) is 4.39 Å². The molecule has 0 fully saturated rings. The van der Waals surface area contributed by atoms with Gasteiger partial charge in [0.25, 0.3) is 0 Å². The Morgan fingerprint density at radius 2 is 2.50 bits per heavy atom. The van der Waals surface area contributed by atoms with Gasteiger partial charge < -0.3 is 5.73 Å². The highest BCUT2D eigenvalue weighted by Gasteiger charge is 2.04. The number of hydrogen-bond acceptors (Lipinski definition) is 3. The van der Waals surface area contributed by atoms with Crippen molar-refractivity contribution in [1.82, 2.24) is 4.98 Å². The number of nitriles is 1. The number of rotatable bonds is 1. The lowest BCUT2D eigenvalue weighted by atomic mass is 10.2. The third-order valence-corrected chi connectivity index (χ3v) is 1.22. The molecule has 0 unspecified atom stereocenters. The Morgan fingerprint density at radius 3 is 3.08 bits per heavy atom. The van der Waals surface area contributed by atoms with E-state index in [1.165, 1.54) is 18.5 Å². The van der Waals surface area contributed by atoms with E-state index in [-0.39, 0.29) is 11.4 Å². The lowest BCUT2D eigenvalue weighted by Crippen LogP contribution is -2.14. The van der Waals surface area contributed by atoms with Crippen LogP contribution in [0.25, 0.3) is 0 Å². The first-order chi connectivity index (χ1) is 5.75. The molecule has 1 aromatic rings. The van der Waals surface area contributed by atoms with Crippen molar-refractivity contribution in [2.75, 3.05) is 0 Å². The molecule has 4 nitrogen and oxygen atoms in total. The lowest BCUT2D eigenvalue weighted by molar-refractivity contribution is 0.618. The average molecular weight is 164 g/mol. The summed E-state index contributed by atoms with van der Waals surface area (Å²) in [5, 5.41) is 8.13. The summed E-state index contributed by atoms with van der Waals surface area (Å²) in [7, 11) is 0. The molecule has 1 aromatic heterocycles. The van der Waals surface area contributed by atoms with Crippen molar-refractivity contribution in [2.24, 2.45) is 10.7 Å². The molecule has 12 heavy (non-hydrogen) atoms. The zero-order chi connectivity index (χ0) is 8.97. The van der Waals surface area contributed by atoms with Gasteiger partial charge in [0.15, 0.2) is 5.82 Å². The van der Waals surface area contributed by atoms with E-state index in [4.69, 9.17) is 11.0 Å². The van der Waals surface area contributed by atoms with Gasteiger partial charge in [-0.3, -0.25) is 4.98 Å². The molecule has 0 bridgehead atoms. The van der Waals surface area contributed by atoms with Gasteiger partial charge in [0.05, 0.1) is 11.8 Å². The molecular weight excluding hydrogens is 159 g/mol. The zero-order valence-corrected chi connectivity index (χ0v) is 6.03. The van der Waals surface area contributed by atoms with E-state index in [2.05, 4.69) is 9.98 Å². The van der Waals surface area contributed by atoms with Crippen LogP contribution in [0.15, 0.2) is 23.5 Å². The molecule has 0 radical (unpaired) electrons. The van der Waals surface area contributed by atoms with Gasteiger partial charge in [-0.2, -0.15) is 10.3 Å². The van der Waals surface area contributed by atoms with Crippen LogP contribution in [0.1, 0.15) is 5.56 Å². The number of halogens is 1. The fourth-order valence-corrected chi connectivity index (χ4v) is 0.697. The highest BCUT2D eigenvalue weighted by Crippen LogP contribution is 2.02. The van der Waals surface area contributed by atoms with E-state index >= 15 is 0 Å². The Labute approximate surface area is 68.2 Å². The van der Waals surface area contributed by atoms with Crippen LogP contribution in [0.4, 0.5) is 4.39 Å². The summed E-state index contributed by atoms with van der Waals surface area (Å²) >= 11 is 0. The smallest absolute Gasteiger partial charge is 0.207 e. The number of nitrogens with two attached hydrogens (primary N) is 1. The van der Waals surface area contributed by atoms with Crippen LogP contribution < -0.4 is 5.73 Å². The second-order valence-corrected chi connectivity index (χ2v) is 1.95. The lowest BCUT2D eigenvalue weighted by Gasteiger charge is -1.97. The minimum atomic E-state index is -0.589. The molecule has 5 heteroatoms. The van der Waals surface area contributed by atoms with Crippen molar-refractivity contribution in [3.05, 3.63) is 29.8 Å². The van der Waals surface area contributed by atoms with Crippen LogP contribution in [0.5, 0.6) is 0 Å². The summed E-state index contributed by atoms with van der Waals surface area (Å²) in [4.78, 5) is 6.71. The Bertz CT molecular complexity index is 353. The maximum Gasteiger partial charge on any atom is 0.207 e. The molecule has 60 valence electrons. The van der Waals surface area contributed by atoms with Gasteiger partial charge in [-0.05, 0) is 6.07 Å². The fourth-order valence-electron chi connectivity index (χ4n) is 0.697. The van der Waals surface area contributed by atoms with Crippen molar-refractivity contribution < 1.29 is 4.39 Å². The summed E-state index contributed by atoms with van der Waals surface area (Å²) in [6.45, 7) is 0. The minimum Gasteiger partial charge on any atom is -0.382 e. The number of hydrogen-bond donors (Lipinski definition) is 1. The highest BCUT2D eigenvalue weighted by molar-refractivity contribution is 5.98. The maximum atomic E-state index is 12.8. The Kier molecular flexibility index (Phi) is 2.33. The molecule has 0 aromatic carbocycles. The van der Waals surface area contributed by atoms with Crippen LogP contribution in [0.2, 0.25) is 0 Å². The molecule has 0 spiro atoms. The molecule has 1 rings (SSSR count). The SMILES string of the molecule is N#CN=C(N)c1ccncc1F. The van der Waals surface area contributed by atoms with Crippen LogP contribution >= 0.6 is 0 Å². The number of amidine groups is 1. The second kappa shape index (κ2) is 3.44. The second-order valence-electron chi connectivity index (χ2n) is 1.95. The third-order valence-electron chi connectivity index (χ3n) is 1.22. The topological polar surface area (TPSA) is 75.1 Å². The molecule has 0 saturated heterocycles. The summed E-state index contributed by atoms with van der Waals surface area (Å²) < 4.78 is 12.8. The number of aromatic nitrogens is 1. The van der Waals surface area contributed by atoms with Crippen molar-refractivity contribution in [2.45, 2.75) is 0 Å². The van der Waals surface area contributed by atoms with Crippen molar-refractivity contribution in [1.29, 1.82) is 5.26 Å². The quantitative estimate of drug-likeness (QED) is 0.371. The van der Waals surface area contributed by atoms with Crippen molar-refractivity contribution in [3.63, 3.8) is 0 Å². The molecule has 0 atom stereocenters. The normalized spacial score (nSPS) is 10.8. The van der Waals surface area contributed by atoms with Gasteiger partial charge >= 0.3 is 0 Å². The van der Waals surface area contributed by atoms with Crippen molar-refractivity contribution >= 4 is 5.84 Å². The monoisotopic (exact) mass is 164 g/mol. The van der Waals surface area contributed by atoms with Gasteiger partial charge in [0.1, 0.15) is 5.84 Å². The molecule has 0 aliphatic rings. The first-order valence-corrected chi connectivity index (χ1v) is 3.08. The van der Waals surface area contributed by atoms with Gasteiger partial charge in [-0.15, -0.1) is 0 Å². The van der Waals surface area contributed by atoms with Gasteiger partial charge in [0.2, 0.25) is 6.19 Å². The Morgan fingerprint density at radius 1 is 1.75 bits per heavy atom. The predicted octanol–water partition coefficient (Wildman–Crippen LogP) is 0.407. The average Bonchev–Trinajstić information content (AvgIpc) is 2.05. The van der Waals surface area contributed by atoms with E-state index in [1.54, 1.807) is 0 Å². The third kappa shape index (κ3) is 1.55. The molecule has 0 amide bonds. The maximum absolute atomic E-state index is 12.8. The molecular formula is C7H5FN4. The highest BCUT2D eigenvalue weighted by atomic mass is 19.1. The number of nitrogens with zero attached hydrogens (tertiary/aromatic N) is 3. The summed E-state index contributed by atoms with van der Waals surface area (Å²) in [6.07, 6.45) is 3.85. The summed E-state index contributed by atoms with van der Waals surface area (Å²) in [6, 6.07) is 1.35. The molecule has 0 aliphatic carbocycles. The van der Waals surface area contributed by atoms with E-state index in [0.717, 1.165) is 6.20 Å². The van der Waals surface area contributed by atoms with E-state index < -0.39 is 5.82 Å². The Balaban J connectivity index is 3.13.